The van der Waals surface area contributed by atoms with Crippen LogP contribution < -0.4 is 4.72 Å². The second-order valence-corrected chi connectivity index (χ2v) is 9.35. The van der Waals surface area contributed by atoms with E-state index in [1.165, 1.54) is 0 Å². The van der Waals surface area contributed by atoms with Crippen molar-refractivity contribution in [3.63, 3.8) is 0 Å². The summed E-state index contributed by atoms with van der Waals surface area (Å²) in [6, 6.07) is 17.9. The number of nitrogens with one attached hydrogen (secondary N) is 1. The van der Waals surface area contributed by atoms with Gasteiger partial charge >= 0.3 is 6.18 Å². The molecule has 158 valence electrons. The molecule has 1 heterocycles. The molecule has 4 rings (SSSR count). The first-order chi connectivity index (χ1) is 14.7. The van der Waals surface area contributed by atoms with Gasteiger partial charge in [-0.25, -0.2) is 13.4 Å². The van der Waals surface area contributed by atoms with E-state index >= 15 is 0 Å². The highest BCUT2D eigenvalue weighted by atomic mass is 32.2. The lowest BCUT2D eigenvalue weighted by atomic mass is 10.2. The highest BCUT2D eigenvalue weighted by Crippen LogP contribution is 2.31. The Labute approximate surface area is 180 Å². The van der Waals surface area contributed by atoms with Crippen LogP contribution in [0.1, 0.15) is 16.1 Å². The molecule has 9 heteroatoms. The number of thiazole rings is 1. The van der Waals surface area contributed by atoms with Gasteiger partial charge in [-0.15, -0.1) is 11.3 Å². The molecule has 0 bridgehead atoms. The van der Waals surface area contributed by atoms with E-state index in [0.717, 1.165) is 39.0 Å². The quantitative estimate of drug-likeness (QED) is 0.381. The average Bonchev–Trinajstić information content (AvgIpc) is 3.16. The van der Waals surface area contributed by atoms with Gasteiger partial charge in [0, 0.05) is 5.69 Å². The SMILES string of the molecule is O=S(=O)(Nc1ccc(C=Cc2nc3ccccc3s2)cc1)c1cccc(C(F)(F)F)c1. The summed E-state index contributed by atoms with van der Waals surface area (Å²) in [5.74, 6) is 0. The molecule has 1 N–H and O–H groups in total. The van der Waals surface area contributed by atoms with Crippen LogP contribution in [0.2, 0.25) is 0 Å². The molecular formula is C22H15F3N2O2S2. The van der Waals surface area contributed by atoms with E-state index in [0.29, 0.717) is 6.07 Å². The molecule has 0 saturated carbocycles. The Morgan fingerprint density at radius 3 is 2.35 bits per heavy atom. The predicted molar refractivity (Wildman–Crippen MR) is 117 cm³/mol. The van der Waals surface area contributed by atoms with Crippen LogP contribution >= 0.6 is 11.3 Å². The van der Waals surface area contributed by atoms with Gasteiger partial charge in [-0.3, -0.25) is 4.72 Å². The minimum atomic E-state index is -4.62. The number of rotatable bonds is 5. The van der Waals surface area contributed by atoms with Gasteiger partial charge in [0.1, 0.15) is 5.01 Å². The maximum atomic E-state index is 12.9. The number of sulfonamides is 1. The number of nitrogens with zero attached hydrogens (tertiary/aromatic N) is 1. The van der Waals surface area contributed by atoms with Crippen LogP contribution in [0, 0.1) is 0 Å². The molecule has 4 nitrogen and oxygen atoms in total. The molecule has 0 aliphatic rings. The van der Waals surface area contributed by atoms with E-state index in [4.69, 9.17) is 0 Å². The van der Waals surface area contributed by atoms with Gasteiger partial charge in [0.25, 0.3) is 10.0 Å². The molecule has 4 aromatic rings. The number of halogens is 3. The number of anilines is 1. The van der Waals surface area contributed by atoms with E-state index in [1.807, 2.05) is 36.4 Å². The molecule has 0 unspecified atom stereocenters. The number of benzene rings is 3. The Morgan fingerprint density at radius 1 is 0.903 bits per heavy atom. The zero-order valence-electron chi connectivity index (χ0n) is 15.8. The van der Waals surface area contributed by atoms with Gasteiger partial charge in [0.15, 0.2) is 0 Å². The van der Waals surface area contributed by atoms with E-state index in [1.54, 1.807) is 35.6 Å². The lowest BCUT2D eigenvalue weighted by Gasteiger charge is -2.11. The molecule has 0 atom stereocenters. The maximum Gasteiger partial charge on any atom is 0.416 e. The lowest BCUT2D eigenvalue weighted by molar-refractivity contribution is -0.137. The Hall–Kier alpha value is -3.17. The summed E-state index contributed by atoms with van der Waals surface area (Å²) >= 11 is 1.56. The maximum absolute atomic E-state index is 12.9. The summed E-state index contributed by atoms with van der Waals surface area (Å²) in [6.45, 7) is 0. The first-order valence-electron chi connectivity index (χ1n) is 9.04. The number of aromatic nitrogens is 1. The van der Waals surface area contributed by atoms with E-state index in [2.05, 4.69) is 9.71 Å². The largest absolute Gasteiger partial charge is 0.416 e. The fourth-order valence-electron chi connectivity index (χ4n) is 2.84. The predicted octanol–water partition coefficient (Wildman–Crippen LogP) is 6.29. The van der Waals surface area contributed by atoms with Crippen molar-refractivity contribution in [1.82, 2.24) is 4.98 Å². The van der Waals surface area contributed by atoms with Crippen molar-refractivity contribution >= 4 is 49.4 Å². The minimum absolute atomic E-state index is 0.245. The number of para-hydroxylation sites is 1. The highest BCUT2D eigenvalue weighted by Gasteiger charge is 2.31. The molecule has 0 amide bonds. The molecule has 0 aliphatic carbocycles. The normalized spacial score (nSPS) is 12.5. The molecule has 0 radical (unpaired) electrons. The van der Waals surface area contributed by atoms with Crippen LogP contribution in [0.3, 0.4) is 0 Å². The van der Waals surface area contributed by atoms with Gasteiger partial charge < -0.3 is 0 Å². The summed E-state index contributed by atoms with van der Waals surface area (Å²) in [6.07, 6.45) is -0.905. The Bertz CT molecular complexity index is 1330. The van der Waals surface area contributed by atoms with Gasteiger partial charge in [0.05, 0.1) is 20.7 Å². The molecular weight excluding hydrogens is 445 g/mol. The molecule has 31 heavy (non-hydrogen) atoms. The third-order valence-corrected chi connectivity index (χ3v) is 6.74. The number of fused-ring (bicyclic) bond motifs is 1. The fraction of sp³-hybridized carbons (Fsp3) is 0.0455. The summed E-state index contributed by atoms with van der Waals surface area (Å²) in [5.41, 5.74) is 0.966. The number of hydrogen-bond acceptors (Lipinski definition) is 4. The first-order valence-corrected chi connectivity index (χ1v) is 11.3. The van der Waals surface area contributed by atoms with Crippen LogP contribution in [-0.4, -0.2) is 13.4 Å². The second-order valence-electron chi connectivity index (χ2n) is 6.61. The second kappa shape index (κ2) is 8.16. The molecule has 0 fully saturated rings. The third kappa shape index (κ3) is 4.95. The van der Waals surface area contributed by atoms with Crippen LogP contribution in [-0.2, 0) is 16.2 Å². The number of hydrogen-bond donors (Lipinski definition) is 1. The zero-order chi connectivity index (χ0) is 22.1. The molecule has 0 saturated heterocycles. The van der Waals surface area contributed by atoms with Gasteiger partial charge in [-0.2, -0.15) is 13.2 Å². The Balaban J connectivity index is 1.49. The lowest BCUT2D eigenvalue weighted by Crippen LogP contribution is -2.14. The summed E-state index contributed by atoms with van der Waals surface area (Å²) in [5, 5.41) is 0.843. The summed E-state index contributed by atoms with van der Waals surface area (Å²) in [4.78, 5) is 4.06. The number of alkyl halides is 3. The van der Waals surface area contributed by atoms with Crippen LogP contribution in [0.15, 0.2) is 77.7 Å². The minimum Gasteiger partial charge on any atom is -0.280 e. The van der Waals surface area contributed by atoms with Crippen LogP contribution in [0.5, 0.6) is 0 Å². The molecule has 0 spiro atoms. The zero-order valence-corrected chi connectivity index (χ0v) is 17.4. The van der Waals surface area contributed by atoms with Crippen molar-refractivity contribution in [2.75, 3.05) is 4.72 Å². The van der Waals surface area contributed by atoms with E-state index in [9.17, 15) is 21.6 Å². The third-order valence-electron chi connectivity index (χ3n) is 4.36. The Morgan fingerprint density at radius 2 is 1.65 bits per heavy atom. The first kappa shape index (κ1) is 21.1. The summed E-state index contributed by atoms with van der Waals surface area (Å²) in [7, 11) is -4.16. The van der Waals surface area contributed by atoms with Crippen LogP contribution in [0.25, 0.3) is 22.4 Å². The molecule has 3 aromatic carbocycles. The monoisotopic (exact) mass is 460 g/mol. The summed E-state index contributed by atoms with van der Waals surface area (Å²) < 4.78 is 66.9. The van der Waals surface area contributed by atoms with Crippen molar-refractivity contribution in [2.45, 2.75) is 11.1 Å². The average molecular weight is 461 g/mol. The van der Waals surface area contributed by atoms with E-state index in [-0.39, 0.29) is 5.69 Å². The Kier molecular flexibility index (Phi) is 5.55. The van der Waals surface area contributed by atoms with E-state index < -0.39 is 26.7 Å². The topological polar surface area (TPSA) is 59.1 Å². The van der Waals surface area contributed by atoms with Crippen molar-refractivity contribution in [1.29, 1.82) is 0 Å². The highest BCUT2D eigenvalue weighted by molar-refractivity contribution is 7.92. The van der Waals surface area contributed by atoms with Gasteiger partial charge in [-0.05, 0) is 54.1 Å². The van der Waals surface area contributed by atoms with Crippen molar-refractivity contribution in [3.05, 3.63) is 88.9 Å². The standard InChI is InChI=1S/C22H15F3N2O2S2/c23-22(24,25)16-4-3-5-18(14-16)31(28,29)27-17-11-8-15(9-12-17)10-13-21-26-19-6-1-2-7-20(19)30-21/h1-14,27H. The molecule has 1 aromatic heterocycles. The van der Waals surface area contributed by atoms with Crippen LogP contribution in [0.4, 0.5) is 18.9 Å². The van der Waals surface area contributed by atoms with Gasteiger partial charge in [0.2, 0.25) is 0 Å². The van der Waals surface area contributed by atoms with Crippen molar-refractivity contribution in [3.8, 4) is 0 Å². The fourth-order valence-corrected chi connectivity index (χ4v) is 4.82. The van der Waals surface area contributed by atoms with Gasteiger partial charge in [-0.1, -0.05) is 36.4 Å². The van der Waals surface area contributed by atoms with Crippen molar-refractivity contribution in [2.24, 2.45) is 0 Å². The smallest absolute Gasteiger partial charge is 0.280 e. The van der Waals surface area contributed by atoms with Crippen molar-refractivity contribution < 1.29 is 21.6 Å². The molecule has 0 aliphatic heterocycles.